The van der Waals surface area contributed by atoms with Gasteiger partial charge in [-0.3, -0.25) is 10.1 Å². The van der Waals surface area contributed by atoms with Gasteiger partial charge in [-0.2, -0.15) is 8.42 Å². The van der Waals surface area contributed by atoms with Gasteiger partial charge in [-0.15, -0.1) is 3.89 Å². The number of hydrogen-bond acceptors (Lipinski definition) is 6. The van der Waals surface area contributed by atoms with Crippen molar-refractivity contribution in [2.75, 3.05) is 0 Å². The van der Waals surface area contributed by atoms with Gasteiger partial charge in [-0.05, 0) is 27.7 Å². The second-order valence-corrected chi connectivity index (χ2v) is 7.32. The number of nitro benzene ring substituents is 1. The molecule has 10 heteroatoms. The second-order valence-electron chi connectivity index (χ2n) is 6.01. The molecule has 0 saturated carbocycles. The maximum Gasteiger partial charge on any atom is 0.496 e. The van der Waals surface area contributed by atoms with Crippen molar-refractivity contribution in [3.8, 4) is 0 Å². The Morgan fingerprint density at radius 2 is 1.68 bits per heavy atom. The van der Waals surface area contributed by atoms with Crippen molar-refractivity contribution >= 4 is 28.5 Å². The van der Waals surface area contributed by atoms with Crippen LogP contribution in [0, 0.1) is 10.1 Å². The van der Waals surface area contributed by atoms with Crippen LogP contribution in [0.1, 0.15) is 27.7 Å². The Kier molecular flexibility index (Phi) is 3.83. The molecule has 0 amide bonds. The third-order valence-electron chi connectivity index (χ3n) is 3.98. The summed E-state index contributed by atoms with van der Waals surface area (Å²) < 4.78 is 47.4. The van der Waals surface area contributed by atoms with Crippen LogP contribution in [0.5, 0.6) is 0 Å². The molecule has 0 radical (unpaired) electrons. The minimum atomic E-state index is -5.17. The van der Waals surface area contributed by atoms with Gasteiger partial charge in [0.15, 0.2) is 0 Å². The molecule has 7 nitrogen and oxygen atoms in total. The zero-order valence-electron chi connectivity index (χ0n) is 12.5. The molecule has 0 bridgehead atoms. The Balaban J connectivity index is 2.56. The molecule has 2 rings (SSSR count). The lowest BCUT2D eigenvalue weighted by Gasteiger charge is -2.32. The van der Waals surface area contributed by atoms with Crippen molar-refractivity contribution in [3.05, 3.63) is 28.3 Å². The molecule has 1 saturated heterocycles. The first-order valence-corrected chi connectivity index (χ1v) is 7.82. The van der Waals surface area contributed by atoms with Crippen LogP contribution >= 0.6 is 0 Å². The predicted molar refractivity (Wildman–Crippen MR) is 77.1 cm³/mol. The molecule has 120 valence electrons. The van der Waals surface area contributed by atoms with Gasteiger partial charge in [0.05, 0.1) is 16.1 Å². The van der Waals surface area contributed by atoms with E-state index >= 15 is 0 Å². The first kappa shape index (κ1) is 16.8. The molecule has 1 fully saturated rings. The lowest BCUT2D eigenvalue weighted by Crippen LogP contribution is -2.41. The van der Waals surface area contributed by atoms with E-state index in [2.05, 4.69) is 0 Å². The molecule has 0 spiro atoms. The number of rotatable bonds is 3. The monoisotopic (exact) mass is 331 g/mol. The van der Waals surface area contributed by atoms with Crippen LogP contribution in [-0.2, 0) is 19.5 Å². The number of non-ortho nitro benzene ring substituents is 1. The van der Waals surface area contributed by atoms with Crippen LogP contribution in [0.25, 0.3) is 0 Å². The third kappa shape index (κ3) is 2.86. The first-order valence-electron chi connectivity index (χ1n) is 6.44. The van der Waals surface area contributed by atoms with Crippen LogP contribution < -0.4 is 5.46 Å². The molecule has 0 N–H and O–H groups in total. The third-order valence-corrected chi connectivity index (χ3v) is 4.86. The Morgan fingerprint density at radius 1 is 1.18 bits per heavy atom. The maximum absolute atomic E-state index is 13.5. The summed E-state index contributed by atoms with van der Waals surface area (Å²) in [6.45, 7) is 7.01. The highest BCUT2D eigenvalue weighted by Gasteiger charge is 2.53. The quantitative estimate of drug-likeness (QED) is 0.361. The summed E-state index contributed by atoms with van der Waals surface area (Å²) in [7, 11) is -6.30. The lowest BCUT2D eigenvalue weighted by molar-refractivity contribution is -0.385. The molecular weight excluding hydrogens is 316 g/mol. The van der Waals surface area contributed by atoms with Gasteiger partial charge < -0.3 is 9.31 Å². The van der Waals surface area contributed by atoms with E-state index in [9.17, 15) is 22.4 Å². The van der Waals surface area contributed by atoms with Gasteiger partial charge in [0.1, 0.15) is 4.90 Å². The maximum atomic E-state index is 13.5. The van der Waals surface area contributed by atoms with E-state index in [4.69, 9.17) is 9.31 Å². The van der Waals surface area contributed by atoms with Crippen LogP contribution in [-0.4, -0.2) is 31.7 Å². The summed E-state index contributed by atoms with van der Waals surface area (Å²) in [5.74, 6) is 0. The SMILES string of the molecule is CC1(C)OB(c2ccc([N+](=O)[O-])cc2S(=O)(=O)F)OC1(C)C. The van der Waals surface area contributed by atoms with Crippen molar-refractivity contribution in [2.24, 2.45) is 0 Å². The highest BCUT2D eigenvalue weighted by atomic mass is 32.3. The topological polar surface area (TPSA) is 95.7 Å². The minimum absolute atomic E-state index is 0.105. The number of benzene rings is 1. The summed E-state index contributed by atoms with van der Waals surface area (Å²) in [6.07, 6.45) is 0. The second kappa shape index (κ2) is 5.00. The van der Waals surface area contributed by atoms with Gasteiger partial charge in [-0.1, -0.05) is 6.07 Å². The van der Waals surface area contributed by atoms with E-state index < -0.39 is 44.0 Å². The van der Waals surface area contributed by atoms with Crippen molar-refractivity contribution < 1.29 is 26.5 Å². The molecule has 1 aliphatic rings. The van der Waals surface area contributed by atoms with Gasteiger partial charge in [-0.25, -0.2) is 0 Å². The number of halogens is 1. The average molecular weight is 331 g/mol. The minimum Gasteiger partial charge on any atom is -0.399 e. The molecular formula is C12H15BFNO6S. The smallest absolute Gasteiger partial charge is 0.399 e. The van der Waals surface area contributed by atoms with Crippen LogP contribution in [0.15, 0.2) is 23.1 Å². The first-order chi connectivity index (χ1) is 9.85. The summed E-state index contributed by atoms with van der Waals surface area (Å²) in [5.41, 5.74) is -2.14. The molecule has 1 heterocycles. The highest BCUT2D eigenvalue weighted by Crippen LogP contribution is 2.37. The fraction of sp³-hybridized carbons (Fsp3) is 0.500. The van der Waals surface area contributed by atoms with E-state index in [0.717, 1.165) is 12.1 Å². The molecule has 0 atom stereocenters. The molecule has 0 unspecified atom stereocenters. The molecule has 22 heavy (non-hydrogen) atoms. The van der Waals surface area contributed by atoms with E-state index in [0.29, 0.717) is 6.07 Å². The summed E-state index contributed by atoms with van der Waals surface area (Å²) in [6, 6.07) is 2.87. The van der Waals surface area contributed by atoms with Crippen molar-refractivity contribution in [3.63, 3.8) is 0 Å². The van der Waals surface area contributed by atoms with E-state index in [1.165, 1.54) is 0 Å². The Labute approximate surface area is 127 Å². The van der Waals surface area contributed by atoms with E-state index in [-0.39, 0.29) is 5.46 Å². The van der Waals surface area contributed by atoms with Crippen molar-refractivity contribution in [1.82, 2.24) is 0 Å². The number of nitro groups is 1. The zero-order chi connectivity index (χ0) is 16.9. The van der Waals surface area contributed by atoms with Gasteiger partial charge in [0, 0.05) is 17.6 Å². The standard InChI is InChI=1S/C12H15BFNO6S/c1-11(2)12(3,4)21-13(20-11)9-6-5-8(15(16)17)7-10(9)22(14,18)19/h5-7H,1-4H3. The van der Waals surface area contributed by atoms with Gasteiger partial charge >= 0.3 is 17.3 Å². The Hall–Kier alpha value is -1.52. The van der Waals surface area contributed by atoms with E-state index in [1.807, 2.05) is 0 Å². The fourth-order valence-electron chi connectivity index (χ4n) is 2.01. The fourth-order valence-corrected chi connectivity index (χ4v) is 2.72. The van der Waals surface area contributed by atoms with Crippen molar-refractivity contribution in [1.29, 1.82) is 0 Å². The van der Waals surface area contributed by atoms with E-state index in [1.54, 1.807) is 27.7 Å². The molecule has 0 aliphatic carbocycles. The lowest BCUT2D eigenvalue weighted by atomic mass is 9.79. The Bertz CT molecular complexity index is 717. The average Bonchev–Trinajstić information content (AvgIpc) is 2.56. The van der Waals surface area contributed by atoms with Crippen LogP contribution in [0.4, 0.5) is 9.57 Å². The normalized spacial score (nSPS) is 20.1. The van der Waals surface area contributed by atoms with Crippen LogP contribution in [0.3, 0.4) is 0 Å². The molecule has 1 aromatic rings. The molecule has 0 aromatic heterocycles. The van der Waals surface area contributed by atoms with Crippen LogP contribution in [0.2, 0.25) is 0 Å². The number of nitrogens with zero attached hydrogens (tertiary/aromatic N) is 1. The zero-order valence-corrected chi connectivity index (χ0v) is 13.3. The summed E-state index contributed by atoms with van der Waals surface area (Å²) >= 11 is 0. The van der Waals surface area contributed by atoms with Gasteiger partial charge in [0.25, 0.3) is 5.69 Å². The van der Waals surface area contributed by atoms with Gasteiger partial charge in [0.2, 0.25) is 0 Å². The number of hydrogen-bond donors (Lipinski definition) is 0. The highest BCUT2D eigenvalue weighted by molar-refractivity contribution is 7.86. The van der Waals surface area contributed by atoms with Crippen molar-refractivity contribution in [2.45, 2.75) is 43.8 Å². The molecule has 1 aliphatic heterocycles. The summed E-state index contributed by atoms with van der Waals surface area (Å²) in [5, 5.41) is 10.7. The summed E-state index contributed by atoms with van der Waals surface area (Å²) in [4.78, 5) is 9.12. The Morgan fingerprint density at radius 3 is 2.09 bits per heavy atom. The molecule has 1 aromatic carbocycles. The predicted octanol–water partition coefficient (Wildman–Crippen LogP) is 1.55. The largest absolute Gasteiger partial charge is 0.496 e.